The lowest BCUT2D eigenvalue weighted by atomic mass is 9.66. The van der Waals surface area contributed by atoms with Crippen LogP contribution < -0.4 is 5.32 Å². The van der Waals surface area contributed by atoms with Gasteiger partial charge in [-0.1, -0.05) is 62.4 Å². The number of hydrogen-bond acceptors (Lipinski definition) is 2. The normalized spacial score (nSPS) is 16.0. The van der Waals surface area contributed by atoms with Gasteiger partial charge in [-0.15, -0.1) is 0 Å². The minimum atomic E-state index is -4.02. The highest BCUT2D eigenvalue weighted by Crippen LogP contribution is 2.43. The van der Waals surface area contributed by atoms with Gasteiger partial charge in [0.25, 0.3) is 0 Å². The minimum Gasteiger partial charge on any atom is -0.324 e. The molecule has 1 fully saturated rings. The standard InChI is InChI=1S/C27H38F2NO3P/c28-25-20-23(21-30-17-10-18-34(31,32)33)26(29)19-22(25)11-4-2-7-14-27(15-8-3-9-16-27)24-12-5-1-6-13-24/h1,5-6,12-13,19-20,30H,2-4,7-11,14-18,21H2,(H2,31,32,33). The van der Waals surface area contributed by atoms with E-state index in [0.29, 0.717) is 18.5 Å². The first-order valence-corrected chi connectivity index (χ1v) is 14.4. The van der Waals surface area contributed by atoms with E-state index in [2.05, 4.69) is 35.6 Å². The van der Waals surface area contributed by atoms with Gasteiger partial charge in [0.1, 0.15) is 11.6 Å². The Balaban J connectivity index is 1.44. The molecule has 4 nitrogen and oxygen atoms in total. The lowest BCUT2D eigenvalue weighted by molar-refractivity contribution is 0.265. The first-order valence-electron chi connectivity index (χ1n) is 12.6. The largest absolute Gasteiger partial charge is 0.325 e. The Kier molecular flexibility index (Phi) is 10.3. The van der Waals surface area contributed by atoms with Gasteiger partial charge in [-0.05, 0) is 73.7 Å². The van der Waals surface area contributed by atoms with Gasteiger partial charge in [-0.25, -0.2) is 8.78 Å². The highest BCUT2D eigenvalue weighted by atomic mass is 31.2. The van der Waals surface area contributed by atoms with Crippen LogP contribution in [0.4, 0.5) is 8.78 Å². The third kappa shape index (κ3) is 8.27. The second-order valence-electron chi connectivity index (χ2n) is 9.72. The fourth-order valence-electron chi connectivity index (χ4n) is 5.25. The third-order valence-corrected chi connectivity index (χ3v) is 8.03. The number of unbranched alkanes of at least 4 members (excludes halogenated alkanes) is 2. The van der Waals surface area contributed by atoms with Crippen LogP contribution in [0.1, 0.15) is 80.9 Å². The maximum atomic E-state index is 14.5. The van der Waals surface area contributed by atoms with Gasteiger partial charge in [-0.2, -0.15) is 0 Å². The maximum absolute atomic E-state index is 14.5. The maximum Gasteiger partial charge on any atom is 0.325 e. The van der Waals surface area contributed by atoms with Crippen molar-refractivity contribution >= 4 is 7.60 Å². The van der Waals surface area contributed by atoms with Crippen LogP contribution in [0.2, 0.25) is 0 Å². The molecule has 0 unspecified atom stereocenters. The van der Waals surface area contributed by atoms with Gasteiger partial charge in [0.05, 0.1) is 6.16 Å². The molecule has 0 spiro atoms. The van der Waals surface area contributed by atoms with E-state index in [1.165, 1.54) is 49.8 Å². The lowest BCUT2D eigenvalue weighted by Crippen LogP contribution is -2.29. The number of aryl methyl sites for hydroxylation is 1. The van der Waals surface area contributed by atoms with Crippen molar-refractivity contribution in [1.82, 2.24) is 5.32 Å². The average molecular weight is 494 g/mol. The zero-order valence-corrected chi connectivity index (χ0v) is 20.8. The molecule has 7 heteroatoms. The number of nitrogens with one attached hydrogen (secondary N) is 1. The summed E-state index contributed by atoms with van der Waals surface area (Å²) in [6.07, 6.45) is 11.0. The molecular formula is C27H38F2NO3P. The second kappa shape index (κ2) is 12.9. The predicted octanol–water partition coefficient (Wildman–Crippen LogP) is 6.63. The zero-order valence-electron chi connectivity index (χ0n) is 19.9. The zero-order chi connectivity index (χ0) is 24.4. The van der Waals surface area contributed by atoms with Crippen molar-refractivity contribution in [3.05, 3.63) is 70.8 Å². The third-order valence-electron chi connectivity index (χ3n) is 7.13. The van der Waals surface area contributed by atoms with Crippen molar-refractivity contribution < 1.29 is 23.1 Å². The Morgan fingerprint density at radius 2 is 1.56 bits per heavy atom. The van der Waals surface area contributed by atoms with Crippen molar-refractivity contribution in [3.8, 4) is 0 Å². The summed E-state index contributed by atoms with van der Waals surface area (Å²) in [4.78, 5) is 17.7. The highest BCUT2D eigenvalue weighted by molar-refractivity contribution is 7.51. The molecule has 3 rings (SSSR count). The fourth-order valence-corrected chi connectivity index (χ4v) is 5.82. The molecule has 2 aromatic carbocycles. The van der Waals surface area contributed by atoms with Gasteiger partial charge in [0, 0.05) is 12.1 Å². The smallest absolute Gasteiger partial charge is 0.324 e. The Hall–Kier alpha value is -1.59. The first kappa shape index (κ1) is 27.0. The molecule has 0 saturated heterocycles. The molecule has 2 aromatic rings. The lowest BCUT2D eigenvalue weighted by Gasteiger charge is -2.38. The van der Waals surface area contributed by atoms with Gasteiger partial charge in [0.2, 0.25) is 0 Å². The average Bonchev–Trinajstić information content (AvgIpc) is 2.81. The molecule has 1 aliphatic carbocycles. The minimum absolute atomic E-state index is 0.131. The van der Waals surface area contributed by atoms with Crippen LogP contribution in [-0.4, -0.2) is 22.5 Å². The summed E-state index contributed by atoms with van der Waals surface area (Å²) in [5.74, 6) is -0.828. The molecule has 0 aliphatic heterocycles. The van der Waals surface area contributed by atoms with Crippen molar-refractivity contribution in [2.24, 2.45) is 0 Å². The molecule has 0 bridgehead atoms. The Bertz CT molecular complexity index is 942. The van der Waals surface area contributed by atoms with E-state index < -0.39 is 13.4 Å². The van der Waals surface area contributed by atoms with E-state index in [0.717, 1.165) is 25.7 Å². The fraction of sp³-hybridized carbons (Fsp3) is 0.556. The van der Waals surface area contributed by atoms with Gasteiger partial charge >= 0.3 is 7.60 Å². The molecule has 0 heterocycles. The van der Waals surface area contributed by atoms with Crippen molar-refractivity contribution in [2.45, 2.75) is 82.6 Å². The van der Waals surface area contributed by atoms with E-state index >= 15 is 0 Å². The summed E-state index contributed by atoms with van der Waals surface area (Å²) in [5.41, 5.74) is 2.38. The Labute approximate surface area is 202 Å². The van der Waals surface area contributed by atoms with Crippen molar-refractivity contribution in [3.63, 3.8) is 0 Å². The summed E-state index contributed by atoms with van der Waals surface area (Å²) in [6.45, 7) is 0.462. The van der Waals surface area contributed by atoms with Crippen LogP contribution in [0.15, 0.2) is 42.5 Å². The monoisotopic (exact) mass is 493 g/mol. The molecule has 3 N–H and O–H groups in total. The molecular weight excluding hydrogens is 455 g/mol. The van der Waals surface area contributed by atoms with Gasteiger partial charge in [0.15, 0.2) is 0 Å². The molecule has 1 saturated carbocycles. The molecule has 0 amide bonds. The number of benzene rings is 2. The van der Waals surface area contributed by atoms with E-state index in [1.54, 1.807) is 0 Å². The van der Waals surface area contributed by atoms with Crippen LogP contribution in [0.3, 0.4) is 0 Å². The van der Waals surface area contributed by atoms with Crippen LogP contribution in [0.5, 0.6) is 0 Å². The number of rotatable bonds is 13. The summed E-state index contributed by atoms with van der Waals surface area (Å²) < 4.78 is 39.8. The summed E-state index contributed by atoms with van der Waals surface area (Å²) >= 11 is 0. The molecule has 0 radical (unpaired) electrons. The topological polar surface area (TPSA) is 69.6 Å². The summed E-state index contributed by atoms with van der Waals surface area (Å²) in [6, 6.07) is 13.4. The molecule has 1 aliphatic rings. The Morgan fingerprint density at radius 1 is 0.882 bits per heavy atom. The van der Waals surface area contributed by atoms with Crippen LogP contribution in [0.25, 0.3) is 0 Å². The molecule has 0 atom stereocenters. The van der Waals surface area contributed by atoms with E-state index in [9.17, 15) is 13.3 Å². The quantitative estimate of drug-likeness (QED) is 0.216. The highest BCUT2D eigenvalue weighted by Gasteiger charge is 2.32. The predicted molar refractivity (Wildman–Crippen MR) is 133 cm³/mol. The van der Waals surface area contributed by atoms with E-state index in [-0.39, 0.29) is 35.9 Å². The molecule has 188 valence electrons. The second-order valence-corrected chi connectivity index (χ2v) is 11.5. The van der Waals surface area contributed by atoms with E-state index in [4.69, 9.17) is 9.79 Å². The summed E-state index contributed by atoms with van der Waals surface area (Å²) in [5, 5.41) is 2.92. The van der Waals surface area contributed by atoms with Crippen molar-refractivity contribution in [1.29, 1.82) is 0 Å². The summed E-state index contributed by atoms with van der Waals surface area (Å²) in [7, 11) is -4.02. The number of halogens is 2. The molecule has 34 heavy (non-hydrogen) atoms. The Morgan fingerprint density at radius 3 is 2.26 bits per heavy atom. The van der Waals surface area contributed by atoms with Gasteiger partial charge in [-0.3, -0.25) is 4.57 Å². The van der Waals surface area contributed by atoms with Crippen molar-refractivity contribution in [2.75, 3.05) is 12.7 Å². The van der Waals surface area contributed by atoms with Gasteiger partial charge < -0.3 is 15.1 Å². The van der Waals surface area contributed by atoms with E-state index in [1.807, 2.05) is 0 Å². The van der Waals surface area contributed by atoms with Crippen LogP contribution >= 0.6 is 7.60 Å². The van der Waals surface area contributed by atoms with Crippen LogP contribution in [0, 0.1) is 11.6 Å². The number of hydrogen-bond donors (Lipinski definition) is 3. The van der Waals surface area contributed by atoms with Crippen LogP contribution in [-0.2, 0) is 22.9 Å². The molecule has 0 aromatic heterocycles. The first-order chi connectivity index (χ1) is 16.3. The SMILES string of the molecule is O=P(O)(O)CCCNCc1cc(F)c(CCCCCC2(c3ccccc3)CCCCC2)cc1F.